The molecule has 0 aliphatic heterocycles. The zero-order valence-electron chi connectivity index (χ0n) is 29.7. The van der Waals surface area contributed by atoms with Crippen LogP contribution < -0.4 is 0 Å². The Morgan fingerprint density at radius 3 is 1.64 bits per heavy atom. The number of hydrogen-bond acceptors (Lipinski definition) is 1. The summed E-state index contributed by atoms with van der Waals surface area (Å²) in [5, 5.41) is 22.4. The standard InChI is InChI=1S/C54H30O/c1-4-13-39-31(8-1)20-25-44-45(39)28-37-19-16-32-9-2-5-14-41(32)51(37)53(44)47-30-38(29-46-52-42-15-6-3-10-33(42)23-27-48(52)55-54(46)47)40-24-21-36-18-17-34-11-7-12-35-22-26-43(40)50(36)49(34)35/h1-30H. The smallest absolute Gasteiger partial charge is 0.143 e. The first-order valence-electron chi connectivity index (χ1n) is 19.1. The van der Waals surface area contributed by atoms with Crippen LogP contribution >= 0.6 is 0 Å². The van der Waals surface area contributed by atoms with Gasteiger partial charge in [0.2, 0.25) is 0 Å². The van der Waals surface area contributed by atoms with E-state index in [0.717, 1.165) is 27.5 Å². The van der Waals surface area contributed by atoms with Gasteiger partial charge in [-0.3, -0.25) is 0 Å². The predicted molar refractivity (Wildman–Crippen MR) is 236 cm³/mol. The second-order valence-electron chi connectivity index (χ2n) is 15.1. The first-order valence-corrected chi connectivity index (χ1v) is 19.1. The van der Waals surface area contributed by atoms with Crippen LogP contribution in [-0.4, -0.2) is 0 Å². The van der Waals surface area contributed by atoms with Crippen molar-refractivity contribution in [3.63, 3.8) is 0 Å². The first-order chi connectivity index (χ1) is 27.3. The maximum atomic E-state index is 7.11. The van der Waals surface area contributed by atoms with Crippen LogP contribution in [0.1, 0.15) is 0 Å². The molecule has 0 radical (unpaired) electrons. The molecule has 0 spiro atoms. The molecule has 13 rings (SSSR count). The van der Waals surface area contributed by atoms with Gasteiger partial charge in [-0.25, -0.2) is 0 Å². The fourth-order valence-electron chi connectivity index (χ4n) is 9.90. The molecule has 13 aromatic rings. The Balaban J connectivity index is 1.26. The molecule has 0 aliphatic rings. The van der Waals surface area contributed by atoms with Gasteiger partial charge in [-0.15, -0.1) is 0 Å². The summed E-state index contributed by atoms with van der Waals surface area (Å²) in [7, 11) is 0. The molecule has 1 nitrogen and oxygen atoms in total. The summed E-state index contributed by atoms with van der Waals surface area (Å²) >= 11 is 0. The van der Waals surface area contributed by atoms with Crippen LogP contribution in [0.4, 0.5) is 0 Å². The second kappa shape index (κ2) is 10.7. The van der Waals surface area contributed by atoms with Gasteiger partial charge in [-0.1, -0.05) is 158 Å². The summed E-state index contributed by atoms with van der Waals surface area (Å²) in [4.78, 5) is 0. The summed E-state index contributed by atoms with van der Waals surface area (Å²) in [5.74, 6) is 0. The van der Waals surface area contributed by atoms with Crippen LogP contribution in [0.25, 0.3) is 130 Å². The third kappa shape index (κ3) is 3.97. The maximum Gasteiger partial charge on any atom is 0.143 e. The molecule has 0 saturated heterocycles. The van der Waals surface area contributed by atoms with Crippen molar-refractivity contribution in [3.05, 3.63) is 182 Å². The van der Waals surface area contributed by atoms with E-state index in [4.69, 9.17) is 4.42 Å². The van der Waals surface area contributed by atoms with Crippen LogP contribution in [0, 0.1) is 0 Å². The number of furan rings is 1. The quantitative estimate of drug-likeness (QED) is 0.130. The van der Waals surface area contributed by atoms with E-state index in [-0.39, 0.29) is 0 Å². The molecule has 0 fully saturated rings. The molecular weight excluding hydrogens is 665 g/mol. The summed E-state index contributed by atoms with van der Waals surface area (Å²) in [6.07, 6.45) is 0. The lowest BCUT2D eigenvalue weighted by molar-refractivity contribution is 0.670. The average molecular weight is 695 g/mol. The van der Waals surface area contributed by atoms with Crippen LogP contribution in [0.2, 0.25) is 0 Å². The van der Waals surface area contributed by atoms with E-state index >= 15 is 0 Å². The molecule has 0 bridgehead atoms. The van der Waals surface area contributed by atoms with Crippen molar-refractivity contribution >= 4 is 108 Å². The molecule has 0 amide bonds. The summed E-state index contributed by atoms with van der Waals surface area (Å²) in [6.45, 7) is 0. The molecule has 252 valence electrons. The SMILES string of the molecule is c1ccc2c(c1)ccc1c(-c3cc(-c4ccc5ccc6cccc7ccc4c5c67)cc4c3oc3ccc5ccccc5c34)c3c(ccc4ccccc43)cc12. The van der Waals surface area contributed by atoms with E-state index < -0.39 is 0 Å². The van der Waals surface area contributed by atoms with Crippen molar-refractivity contribution in [2.24, 2.45) is 0 Å². The van der Waals surface area contributed by atoms with Gasteiger partial charge in [0.1, 0.15) is 11.2 Å². The van der Waals surface area contributed by atoms with E-state index in [1.54, 1.807) is 0 Å². The zero-order chi connectivity index (χ0) is 35.8. The summed E-state index contributed by atoms with van der Waals surface area (Å²) < 4.78 is 7.11. The molecule has 12 aromatic carbocycles. The zero-order valence-corrected chi connectivity index (χ0v) is 29.7. The van der Waals surface area contributed by atoms with Crippen LogP contribution in [0.5, 0.6) is 0 Å². The van der Waals surface area contributed by atoms with Crippen molar-refractivity contribution in [1.29, 1.82) is 0 Å². The second-order valence-corrected chi connectivity index (χ2v) is 15.1. The molecule has 1 heterocycles. The lowest BCUT2D eigenvalue weighted by Gasteiger charge is -2.18. The molecule has 1 aromatic heterocycles. The van der Waals surface area contributed by atoms with Crippen LogP contribution in [0.3, 0.4) is 0 Å². The monoisotopic (exact) mass is 694 g/mol. The molecule has 55 heavy (non-hydrogen) atoms. The predicted octanol–water partition coefficient (Wildman–Crippen LogP) is 15.6. The largest absolute Gasteiger partial charge is 0.455 e. The Bertz CT molecular complexity index is 3750. The van der Waals surface area contributed by atoms with Crippen molar-refractivity contribution < 1.29 is 4.42 Å². The molecule has 0 atom stereocenters. The van der Waals surface area contributed by atoms with Gasteiger partial charge in [0.05, 0.1) is 0 Å². The van der Waals surface area contributed by atoms with Crippen molar-refractivity contribution in [2.45, 2.75) is 0 Å². The van der Waals surface area contributed by atoms with Crippen molar-refractivity contribution in [2.75, 3.05) is 0 Å². The van der Waals surface area contributed by atoms with E-state index in [0.29, 0.717) is 0 Å². The minimum atomic E-state index is 0.905. The number of rotatable bonds is 2. The van der Waals surface area contributed by atoms with Crippen LogP contribution in [-0.2, 0) is 0 Å². The summed E-state index contributed by atoms with van der Waals surface area (Å²) in [6, 6.07) is 67.5. The highest BCUT2D eigenvalue weighted by Crippen LogP contribution is 2.49. The Hall–Kier alpha value is -7.22. The summed E-state index contributed by atoms with van der Waals surface area (Å²) in [5.41, 5.74) is 6.55. The lowest BCUT2D eigenvalue weighted by atomic mass is 9.85. The molecule has 0 saturated carbocycles. The van der Waals surface area contributed by atoms with Gasteiger partial charge >= 0.3 is 0 Å². The normalized spacial score (nSPS) is 12.4. The number of fused-ring (bicyclic) bond motifs is 11. The minimum absolute atomic E-state index is 0.905. The van der Waals surface area contributed by atoms with Gasteiger partial charge in [0.15, 0.2) is 0 Å². The van der Waals surface area contributed by atoms with E-state index in [9.17, 15) is 0 Å². The molecule has 1 heteroatoms. The Kier molecular flexibility index (Phi) is 5.69. The maximum absolute atomic E-state index is 7.11. The van der Waals surface area contributed by atoms with Gasteiger partial charge < -0.3 is 4.42 Å². The third-order valence-electron chi connectivity index (χ3n) is 12.3. The molecule has 0 aliphatic carbocycles. The fraction of sp³-hybridized carbons (Fsp3) is 0. The number of hydrogen-bond donors (Lipinski definition) is 0. The topological polar surface area (TPSA) is 13.1 Å². The highest BCUT2D eigenvalue weighted by molar-refractivity contribution is 6.30. The Morgan fingerprint density at radius 1 is 0.273 bits per heavy atom. The van der Waals surface area contributed by atoms with Gasteiger partial charge in [-0.05, 0) is 122 Å². The fourth-order valence-corrected chi connectivity index (χ4v) is 9.90. The van der Waals surface area contributed by atoms with Gasteiger partial charge in [0, 0.05) is 21.9 Å². The molecular formula is C54H30O. The molecule has 0 N–H and O–H groups in total. The van der Waals surface area contributed by atoms with Gasteiger partial charge in [-0.2, -0.15) is 0 Å². The third-order valence-corrected chi connectivity index (χ3v) is 12.3. The minimum Gasteiger partial charge on any atom is -0.455 e. The van der Waals surface area contributed by atoms with Crippen molar-refractivity contribution in [3.8, 4) is 22.3 Å². The van der Waals surface area contributed by atoms with Gasteiger partial charge in [0.25, 0.3) is 0 Å². The number of benzene rings is 12. The average Bonchev–Trinajstić information content (AvgIpc) is 3.64. The first kappa shape index (κ1) is 29.3. The Morgan fingerprint density at radius 2 is 0.836 bits per heavy atom. The molecule has 0 unspecified atom stereocenters. The van der Waals surface area contributed by atoms with E-state index in [2.05, 4.69) is 182 Å². The van der Waals surface area contributed by atoms with Crippen molar-refractivity contribution in [1.82, 2.24) is 0 Å². The highest BCUT2D eigenvalue weighted by atomic mass is 16.3. The lowest BCUT2D eigenvalue weighted by Crippen LogP contribution is -1.91. The van der Waals surface area contributed by atoms with Crippen LogP contribution in [0.15, 0.2) is 186 Å². The van der Waals surface area contributed by atoms with E-state index in [1.807, 2.05) is 0 Å². The Labute approximate surface area is 315 Å². The highest BCUT2D eigenvalue weighted by Gasteiger charge is 2.23. The van der Waals surface area contributed by atoms with E-state index in [1.165, 1.54) is 103 Å².